The first kappa shape index (κ1) is 12.6. The lowest BCUT2D eigenvalue weighted by Gasteiger charge is -2.06. The van der Waals surface area contributed by atoms with Crippen LogP contribution in [0.3, 0.4) is 0 Å². The molecule has 0 saturated heterocycles. The number of hydrogen-bond acceptors (Lipinski definition) is 3. The summed E-state index contributed by atoms with van der Waals surface area (Å²) >= 11 is 0. The van der Waals surface area contributed by atoms with Gasteiger partial charge >= 0.3 is 0 Å². The predicted molar refractivity (Wildman–Crippen MR) is 77.6 cm³/mol. The van der Waals surface area contributed by atoms with Crippen molar-refractivity contribution in [2.75, 3.05) is 0 Å². The minimum absolute atomic E-state index is 0.810. The third kappa shape index (κ3) is 2.34. The number of rotatable bonds is 4. The van der Waals surface area contributed by atoms with E-state index in [1.807, 2.05) is 40.7 Å². The van der Waals surface area contributed by atoms with Crippen molar-refractivity contribution in [3.05, 3.63) is 48.5 Å². The first-order chi connectivity index (χ1) is 9.78. The maximum atomic E-state index is 4.52. The molecule has 1 aromatic carbocycles. The average molecular weight is 267 g/mol. The molecule has 0 atom stereocenters. The summed E-state index contributed by atoms with van der Waals surface area (Å²) < 4.78 is 3.81. The molecule has 0 aliphatic rings. The molecule has 0 aliphatic carbocycles. The molecular weight excluding hydrogens is 250 g/mol. The molecule has 20 heavy (non-hydrogen) atoms. The monoisotopic (exact) mass is 267 g/mol. The van der Waals surface area contributed by atoms with E-state index in [2.05, 4.69) is 34.2 Å². The van der Waals surface area contributed by atoms with E-state index in [4.69, 9.17) is 0 Å². The van der Waals surface area contributed by atoms with Gasteiger partial charge in [-0.05, 0) is 43.7 Å². The Morgan fingerprint density at radius 2 is 1.95 bits per heavy atom. The highest BCUT2D eigenvalue weighted by molar-refractivity contribution is 5.57. The Hall–Kier alpha value is -2.43. The summed E-state index contributed by atoms with van der Waals surface area (Å²) in [6.07, 6.45) is 4.75. The molecule has 0 amide bonds. The standard InChI is InChI=1S/C15H17N5/c1-3-10-20-15(17-12(2)18-20)13-5-7-14(8-6-13)19-11-4-9-16-19/h4-9,11H,3,10H2,1-2H3. The Morgan fingerprint density at radius 1 is 1.15 bits per heavy atom. The topological polar surface area (TPSA) is 48.5 Å². The fourth-order valence-electron chi connectivity index (χ4n) is 2.22. The third-order valence-corrected chi connectivity index (χ3v) is 3.11. The Kier molecular flexibility index (Phi) is 3.33. The molecule has 0 fully saturated rings. The first-order valence-corrected chi connectivity index (χ1v) is 6.80. The van der Waals surface area contributed by atoms with Gasteiger partial charge in [-0.1, -0.05) is 6.92 Å². The van der Waals surface area contributed by atoms with E-state index in [1.54, 1.807) is 6.20 Å². The van der Waals surface area contributed by atoms with Crippen LogP contribution in [0.1, 0.15) is 19.2 Å². The second kappa shape index (κ2) is 5.28. The van der Waals surface area contributed by atoms with Gasteiger partial charge in [0.05, 0.1) is 5.69 Å². The van der Waals surface area contributed by atoms with Gasteiger partial charge in [-0.3, -0.25) is 0 Å². The molecule has 102 valence electrons. The molecule has 0 bridgehead atoms. The van der Waals surface area contributed by atoms with Gasteiger partial charge in [-0.2, -0.15) is 10.2 Å². The van der Waals surface area contributed by atoms with Crippen molar-refractivity contribution in [3.63, 3.8) is 0 Å². The van der Waals surface area contributed by atoms with Gasteiger partial charge in [0, 0.05) is 24.5 Å². The number of aryl methyl sites for hydroxylation is 2. The Labute approximate surface area is 117 Å². The minimum atomic E-state index is 0.810. The molecule has 0 saturated carbocycles. The van der Waals surface area contributed by atoms with Gasteiger partial charge in [0.15, 0.2) is 5.82 Å². The van der Waals surface area contributed by atoms with Crippen LogP contribution in [0, 0.1) is 6.92 Å². The number of aromatic nitrogens is 5. The number of nitrogens with zero attached hydrogens (tertiary/aromatic N) is 5. The fourth-order valence-corrected chi connectivity index (χ4v) is 2.22. The lowest BCUT2D eigenvalue weighted by molar-refractivity contribution is 0.604. The van der Waals surface area contributed by atoms with Gasteiger partial charge in [0.2, 0.25) is 0 Å². The van der Waals surface area contributed by atoms with E-state index in [1.165, 1.54) is 0 Å². The van der Waals surface area contributed by atoms with Crippen LogP contribution < -0.4 is 0 Å². The van der Waals surface area contributed by atoms with Crippen LogP contribution in [0.25, 0.3) is 17.1 Å². The van der Waals surface area contributed by atoms with Crippen molar-refractivity contribution in [1.29, 1.82) is 0 Å². The van der Waals surface area contributed by atoms with Crippen molar-refractivity contribution in [2.24, 2.45) is 0 Å². The molecule has 2 aromatic heterocycles. The highest BCUT2D eigenvalue weighted by Gasteiger charge is 2.09. The van der Waals surface area contributed by atoms with E-state index in [-0.39, 0.29) is 0 Å². The predicted octanol–water partition coefficient (Wildman–Crippen LogP) is 2.85. The van der Waals surface area contributed by atoms with Gasteiger partial charge in [0.25, 0.3) is 0 Å². The largest absolute Gasteiger partial charge is 0.246 e. The molecule has 5 nitrogen and oxygen atoms in total. The summed E-state index contributed by atoms with van der Waals surface area (Å²) in [5.74, 6) is 1.74. The zero-order chi connectivity index (χ0) is 13.9. The molecule has 3 aromatic rings. The molecule has 3 rings (SSSR count). The Morgan fingerprint density at radius 3 is 2.60 bits per heavy atom. The van der Waals surface area contributed by atoms with Gasteiger partial charge in [-0.25, -0.2) is 14.3 Å². The Balaban J connectivity index is 1.95. The van der Waals surface area contributed by atoms with Crippen LogP contribution in [0.15, 0.2) is 42.7 Å². The lowest BCUT2D eigenvalue weighted by atomic mass is 10.2. The zero-order valence-electron chi connectivity index (χ0n) is 11.7. The van der Waals surface area contributed by atoms with Crippen LogP contribution >= 0.6 is 0 Å². The zero-order valence-corrected chi connectivity index (χ0v) is 11.7. The average Bonchev–Trinajstić information content (AvgIpc) is 3.09. The summed E-state index contributed by atoms with van der Waals surface area (Å²) in [5, 5.41) is 8.66. The maximum absolute atomic E-state index is 4.52. The van der Waals surface area contributed by atoms with E-state index < -0.39 is 0 Å². The number of hydrogen-bond donors (Lipinski definition) is 0. The molecule has 5 heteroatoms. The van der Waals surface area contributed by atoms with Crippen LogP contribution in [-0.2, 0) is 6.54 Å². The summed E-state index contributed by atoms with van der Waals surface area (Å²) in [4.78, 5) is 4.52. The number of benzene rings is 1. The summed E-state index contributed by atoms with van der Waals surface area (Å²) in [6, 6.07) is 10.1. The normalized spacial score (nSPS) is 10.9. The van der Waals surface area contributed by atoms with E-state index in [9.17, 15) is 0 Å². The van der Waals surface area contributed by atoms with Crippen molar-refractivity contribution >= 4 is 0 Å². The van der Waals surface area contributed by atoms with Crippen molar-refractivity contribution in [2.45, 2.75) is 26.8 Å². The van der Waals surface area contributed by atoms with E-state index in [0.29, 0.717) is 0 Å². The molecule has 0 radical (unpaired) electrons. The smallest absolute Gasteiger partial charge is 0.158 e. The quantitative estimate of drug-likeness (QED) is 0.730. The fraction of sp³-hybridized carbons (Fsp3) is 0.267. The summed E-state index contributed by atoms with van der Waals surface area (Å²) in [6.45, 7) is 4.95. The molecule has 0 spiro atoms. The van der Waals surface area contributed by atoms with Crippen LogP contribution in [-0.4, -0.2) is 24.5 Å². The summed E-state index contributed by atoms with van der Waals surface area (Å²) in [5.41, 5.74) is 2.12. The molecular formula is C15H17N5. The lowest BCUT2D eigenvalue weighted by Crippen LogP contribution is -2.02. The van der Waals surface area contributed by atoms with Gasteiger partial charge in [0.1, 0.15) is 5.82 Å². The third-order valence-electron chi connectivity index (χ3n) is 3.11. The highest BCUT2D eigenvalue weighted by atomic mass is 15.3. The van der Waals surface area contributed by atoms with Crippen molar-refractivity contribution in [1.82, 2.24) is 24.5 Å². The van der Waals surface area contributed by atoms with Crippen LogP contribution in [0.2, 0.25) is 0 Å². The molecule has 0 aliphatic heterocycles. The minimum Gasteiger partial charge on any atom is -0.246 e. The van der Waals surface area contributed by atoms with Crippen molar-refractivity contribution in [3.8, 4) is 17.1 Å². The SMILES string of the molecule is CCCn1nc(C)nc1-c1ccc(-n2cccn2)cc1. The van der Waals surface area contributed by atoms with Crippen molar-refractivity contribution < 1.29 is 0 Å². The van der Waals surface area contributed by atoms with Gasteiger partial charge in [-0.15, -0.1) is 0 Å². The summed E-state index contributed by atoms with van der Waals surface area (Å²) in [7, 11) is 0. The molecule has 0 unspecified atom stereocenters. The second-order valence-electron chi connectivity index (χ2n) is 4.70. The second-order valence-corrected chi connectivity index (χ2v) is 4.70. The van der Waals surface area contributed by atoms with Crippen LogP contribution in [0.5, 0.6) is 0 Å². The maximum Gasteiger partial charge on any atom is 0.158 e. The first-order valence-electron chi connectivity index (χ1n) is 6.80. The van der Waals surface area contributed by atoms with Gasteiger partial charge < -0.3 is 0 Å². The van der Waals surface area contributed by atoms with E-state index >= 15 is 0 Å². The Bertz CT molecular complexity index is 680. The highest BCUT2D eigenvalue weighted by Crippen LogP contribution is 2.19. The molecule has 0 N–H and O–H groups in total. The van der Waals surface area contributed by atoms with E-state index in [0.717, 1.165) is 35.9 Å². The molecule has 2 heterocycles. The van der Waals surface area contributed by atoms with Crippen LogP contribution in [0.4, 0.5) is 0 Å².